The number of benzene rings is 2. The van der Waals surface area contributed by atoms with E-state index < -0.39 is 0 Å². The second-order valence-electron chi connectivity index (χ2n) is 6.85. The molecule has 0 saturated heterocycles. The minimum Gasteiger partial charge on any atom is -0.336 e. The number of hydrogen-bond donors (Lipinski definition) is 1. The fourth-order valence-corrected chi connectivity index (χ4v) is 4.26. The molecule has 0 aliphatic rings. The summed E-state index contributed by atoms with van der Waals surface area (Å²) < 4.78 is 2.15. The molecule has 0 radical (unpaired) electrons. The Morgan fingerprint density at radius 1 is 1.11 bits per heavy atom. The lowest BCUT2D eigenvalue weighted by atomic mass is 10.1. The fourth-order valence-electron chi connectivity index (χ4n) is 3.55. The van der Waals surface area contributed by atoms with Crippen LogP contribution in [0.1, 0.15) is 35.8 Å². The van der Waals surface area contributed by atoms with Crippen molar-refractivity contribution in [3.63, 3.8) is 0 Å². The molecule has 4 nitrogen and oxygen atoms in total. The van der Waals surface area contributed by atoms with E-state index in [0.29, 0.717) is 5.13 Å². The summed E-state index contributed by atoms with van der Waals surface area (Å²) >= 11 is 1.45. The van der Waals surface area contributed by atoms with Crippen LogP contribution in [0.25, 0.3) is 22.2 Å². The monoisotopic (exact) mass is 389 g/mol. The maximum atomic E-state index is 13.2. The van der Waals surface area contributed by atoms with Crippen LogP contribution in [0.5, 0.6) is 0 Å². The number of amides is 1. The number of fused-ring (bicyclic) bond motifs is 1. The van der Waals surface area contributed by atoms with Gasteiger partial charge < -0.3 is 4.57 Å². The van der Waals surface area contributed by atoms with Crippen molar-refractivity contribution in [3.8, 4) is 11.3 Å². The molecule has 0 aliphatic carbocycles. The van der Waals surface area contributed by atoms with Crippen molar-refractivity contribution in [1.82, 2.24) is 9.55 Å². The van der Waals surface area contributed by atoms with Gasteiger partial charge in [-0.2, -0.15) is 0 Å². The first-order valence-electron chi connectivity index (χ1n) is 9.59. The number of anilines is 1. The van der Waals surface area contributed by atoms with Crippen LogP contribution in [0, 0.1) is 6.92 Å². The van der Waals surface area contributed by atoms with Crippen molar-refractivity contribution < 1.29 is 4.79 Å². The molecular formula is C23H23N3OS. The van der Waals surface area contributed by atoms with Gasteiger partial charge in [-0.15, -0.1) is 11.3 Å². The highest BCUT2D eigenvalue weighted by Crippen LogP contribution is 2.29. The number of rotatable bonds is 6. The Labute approximate surface area is 168 Å². The molecule has 0 bridgehead atoms. The zero-order valence-electron chi connectivity index (χ0n) is 16.1. The molecule has 4 aromatic rings. The topological polar surface area (TPSA) is 46.9 Å². The molecule has 1 amide bonds. The standard InChI is InChI=1S/C23H23N3OS/c1-3-4-14-26-20-13-9-8-12-18(20)16(2)21(26)22(27)25-23-24-19(15-28-23)17-10-6-5-7-11-17/h5-13,15H,3-4,14H2,1-2H3,(H,24,25,27). The summed E-state index contributed by atoms with van der Waals surface area (Å²) in [5.41, 5.74) is 4.79. The van der Waals surface area contributed by atoms with E-state index in [4.69, 9.17) is 0 Å². The van der Waals surface area contributed by atoms with Gasteiger partial charge in [0.15, 0.2) is 5.13 Å². The summed E-state index contributed by atoms with van der Waals surface area (Å²) in [7, 11) is 0. The van der Waals surface area contributed by atoms with Crippen molar-refractivity contribution in [2.24, 2.45) is 0 Å². The van der Waals surface area contributed by atoms with E-state index >= 15 is 0 Å². The maximum absolute atomic E-state index is 13.2. The van der Waals surface area contributed by atoms with E-state index in [1.165, 1.54) is 11.3 Å². The summed E-state index contributed by atoms with van der Waals surface area (Å²) in [5.74, 6) is -0.0984. The van der Waals surface area contributed by atoms with Gasteiger partial charge in [-0.3, -0.25) is 10.1 Å². The quantitative estimate of drug-likeness (QED) is 0.431. The number of carbonyl (C=O) groups excluding carboxylic acids is 1. The van der Waals surface area contributed by atoms with E-state index in [1.54, 1.807) is 0 Å². The average Bonchev–Trinajstić information content (AvgIpc) is 3.30. The molecule has 4 rings (SSSR count). The van der Waals surface area contributed by atoms with E-state index in [2.05, 4.69) is 33.9 Å². The lowest BCUT2D eigenvalue weighted by Crippen LogP contribution is -2.18. The fraction of sp³-hybridized carbons (Fsp3) is 0.217. The van der Waals surface area contributed by atoms with Gasteiger partial charge in [-0.1, -0.05) is 61.9 Å². The minimum absolute atomic E-state index is 0.0984. The van der Waals surface area contributed by atoms with E-state index in [9.17, 15) is 4.79 Å². The Bertz CT molecular complexity index is 1110. The molecule has 2 heterocycles. The summed E-state index contributed by atoms with van der Waals surface area (Å²) in [6, 6.07) is 18.2. The lowest BCUT2D eigenvalue weighted by molar-refractivity contribution is 0.101. The predicted molar refractivity (Wildman–Crippen MR) is 117 cm³/mol. The highest BCUT2D eigenvalue weighted by molar-refractivity contribution is 7.14. The van der Waals surface area contributed by atoms with Gasteiger partial charge >= 0.3 is 0 Å². The smallest absolute Gasteiger partial charge is 0.274 e. The van der Waals surface area contributed by atoms with Crippen LogP contribution in [0.2, 0.25) is 0 Å². The molecule has 1 N–H and O–H groups in total. The third kappa shape index (κ3) is 3.45. The lowest BCUT2D eigenvalue weighted by Gasteiger charge is -2.10. The predicted octanol–water partition coefficient (Wildman–Crippen LogP) is 6.13. The van der Waals surface area contributed by atoms with Crippen molar-refractivity contribution in [1.29, 1.82) is 0 Å². The first-order chi connectivity index (χ1) is 13.7. The molecule has 5 heteroatoms. The Morgan fingerprint density at radius 2 is 1.86 bits per heavy atom. The SMILES string of the molecule is CCCCn1c(C(=O)Nc2nc(-c3ccccc3)cs2)c(C)c2ccccc21. The Hall–Kier alpha value is -2.92. The molecule has 0 atom stereocenters. The van der Waals surface area contributed by atoms with E-state index in [1.807, 2.05) is 54.8 Å². The van der Waals surface area contributed by atoms with Gasteiger partial charge in [0.2, 0.25) is 0 Å². The molecule has 0 fully saturated rings. The van der Waals surface area contributed by atoms with Crippen LogP contribution in [0.15, 0.2) is 60.0 Å². The van der Waals surface area contributed by atoms with Crippen LogP contribution < -0.4 is 5.32 Å². The number of unbranched alkanes of at least 4 members (excludes halogenated alkanes) is 1. The number of nitrogens with one attached hydrogen (secondary N) is 1. The zero-order chi connectivity index (χ0) is 19.5. The van der Waals surface area contributed by atoms with Gasteiger partial charge in [0.25, 0.3) is 5.91 Å². The Morgan fingerprint density at radius 3 is 2.64 bits per heavy atom. The molecule has 2 aromatic carbocycles. The van der Waals surface area contributed by atoms with Gasteiger partial charge in [0.1, 0.15) is 5.69 Å². The Kier molecular flexibility index (Phi) is 5.26. The van der Waals surface area contributed by atoms with Crippen molar-refractivity contribution >= 4 is 33.3 Å². The van der Waals surface area contributed by atoms with E-state index in [0.717, 1.165) is 52.8 Å². The van der Waals surface area contributed by atoms with Crippen LogP contribution in [-0.4, -0.2) is 15.5 Å². The summed E-state index contributed by atoms with van der Waals surface area (Å²) in [6.07, 6.45) is 2.12. The number of hydrogen-bond acceptors (Lipinski definition) is 3. The molecule has 0 aliphatic heterocycles. The molecule has 142 valence electrons. The van der Waals surface area contributed by atoms with Gasteiger partial charge in [-0.05, 0) is 25.0 Å². The van der Waals surface area contributed by atoms with Gasteiger partial charge in [0.05, 0.1) is 5.69 Å². The number of thiazole rings is 1. The molecular weight excluding hydrogens is 366 g/mol. The largest absolute Gasteiger partial charge is 0.336 e. The molecule has 0 unspecified atom stereocenters. The van der Waals surface area contributed by atoms with Crippen LogP contribution in [-0.2, 0) is 6.54 Å². The highest BCUT2D eigenvalue weighted by atomic mass is 32.1. The Balaban J connectivity index is 1.66. The van der Waals surface area contributed by atoms with Gasteiger partial charge in [0, 0.05) is 28.4 Å². The first kappa shape index (κ1) is 18.4. The third-order valence-corrected chi connectivity index (χ3v) is 5.73. The highest BCUT2D eigenvalue weighted by Gasteiger charge is 2.21. The average molecular weight is 390 g/mol. The maximum Gasteiger partial charge on any atom is 0.274 e. The van der Waals surface area contributed by atoms with Crippen LogP contribution in [0.4, 0.5) is 5.13 Å². The number of carbonyl (C=O) groups is 1. The minimum atomic E-state index is -0.0984. The van der Waals surface area contributed by atoms with Crippen LogP contribution in [0.3, 0.4) is 0 Å². The summed E-state index contributed by atoms with van der Waals surface area (Å²) in [4.78, 5) is 17.8. The van der Waals surface area contributed by atoms with Crippen LogP contribution >= 0.6 is 11.3 Å². The molecule has 2 aromatic heterocycles. The normalized spacial score (nSPS) is 11.1. The van der Waals surface area contributed by atoms with Crippen molar-refractivity contribution in [3.05, 3.63) is 71.2 Å². The molecule has 0 saturated carbocycles. The third-order valence-electron chi connectivity index (χ3n) is 4.97. The number of aryl methyl sites for hydroxylation is 2. The zero-order valence-corrected chi connectivity index (χ0v) is 16.9. The first-order valence-corrected chi connectivity index (χ1v) is 10.5. The number of para-hydroxylation sites is 1. The van der Waals surface area contributed by atoms with Crippen molar-refractivity contribution in [2.45, 2.75) is 33.2 Å². The second kappa shape index (κ2) is 7.98. The molecule has 0 spiro atoms. The summed E-state index contributed by atoms with van der Waals surface area (Å²) in [6.45, 7) is 5.02. The van der Waals surface area contributed by atoms with E-state index in [-0.39, 0.29) is 5.91 Å². The molecule has 28 heavy (non-hydrogen) atoms. The van der Waals surface area contributed by atoms with Crippen molar-refractivity contribution in [2.75, 3.05) is 5.32 Å². The second-order valence-corrected chi connectivity index (χ2v) is 7.71. The summed E-state index contributed by atoms with van der Waals surface area (Å²) in [5, 5.41) is 6.74. The number of nitrogens with zero attached hydrogens (tertiary/aromatic N) is 2. The number of aromatic nitrogens is 2. The van der Waals surface area contributed by atoms with Gasteiger partial charge in [-0.25, -0.2) is 4.98 Å².